The predicted molar refractivity (Wildman–Crippen MR) is 95.8 cm³/mol. The minimum atomic E-state index is 0.205. The van der Waals surface area contributed by atoms with E-state index in [0.717, 1.165) is 17.9 Å². The van der Waals surface area contributed by atoms with Crippen LogP contribution in [0.5, 0.6) is 5.75 Å². The molecule has 0 saturated carbocycles. The Labute approximate surface area is 146 Å². The number of anilines is 1. The number of benzene rings is 2. The number of rotatable bonds is 2. The number of nitrogens with one attached hydrogen (secondary N) is 1. The molecule has 4 heteroatoms. The highest BCUT2D eigenvalue weighted by atomic mass is 35.5. The average Bonchev–Trinajstić information content (AvgIpc) is 3.04. The topological polar surface area (TPSA) is 21.3 Å². The first-order valence-electron chi connectivity index (χ1n) is 7.73. The Hall–Kier alpha value is -1.64. The summed E-state index contributed by atoms with van der Waals surface area (Å²) in [5.41, 5.74) is 3.41. The van der Waals surface area contributed by atoms with Crippen molar-refractivity contribution in [2.24, 2.45) is 5.92 Å². The first kappa shape index (κ1) is 14.9. The monoisotopic (exact) mass is 345 g/mol. The fourth-order valence-electron chi connectivity index (χ4n) is 3.79. The van der Waals surface area contributed by atoms with Gasteiger partial charge in [-0.15, -0.1) is 0 Å². The smallest absolute Gasteiger partial charge is 0.119 e. The van der Waals surface area contributed by atoms with Crippen LogP contribution in [0.1, 0.15) is 29.5 Å². The third-order valence-electron chi connectivity index (χ3n) is 4.84. The van der Waals surface area contributed by atoms with E-state index in [-0.39, 0.29) is 6.04 Å². The Morgan fingerprint density at radius 2 is 2.04 bits per heavy atom. The molecule has 1 heterocycles. The number of methoxy groups -OCH3 is 1. The molecule has 0 spiro atoms. The second kappa shape index (κ2) is 5.77. The lowest BCUT2D eigenvalue weighted by molar-refractivity contribution is 0.406. The van der Waals surface area contributed by atoms with Crippen LogP contribution in [0.4, 0.5) is 5.69 Å². The molecule has 1 aliphatic carbocycles. The van der Waals surface area contributed by atoms with Crippen molar-refractivity contribution in [3.63, 3.8) is 0 Å². The Bertz CT molecular complexity index is 787. The van der Waals surface area contributed by atoms with E-state index in [2.05, 4.69) is 29.6 Å². The molecule has 0 fully saturated rings. The van der Waals surface area contributed by atoms with E-state index in [0.29, 0.717) is 21.9 Å². The SMILES string of the molecule is COc1cccc([C@@H]2Nc3c(Cl)cc(Cl)cc3[C@@H]3C=CC[C@@H]32)c1. The van der Waals surface area contributed by atoms with Crippen LogP contribution in [0, 0.1) is 5.92 Å². The molecular weight excluding hydrogens is 329 g/mol. The highest BCUT2D eigenvalue weighted by Crippen LogP contribution is 2.52. The van der Waals surface area contributed by atoms with Crippen molar-refractivity contribution >= 4 is 28.9 Å². The van der Waals surface area contributed by atoms with Gasteiger partial charge in [0, 0.05) is 10.9 Å². The van der Waals surface area contributed by atoms with Gasteiger partial charge < -0.3 is 10.1 Å². The first-order chi connectivity index (χ1) is 11.2. The van der Waals surface area contributed by atoms with Gasteiger partial charge >= 0.3 is 0 Å². The van der Waals surface area contributed by atoms with Gasteiger partial charge in [-0.1, -0.05) is 47.5 Å². The summed E-state index contributed by atoms with van der Waals surface area (Å²) in [6.07, 6.45) is 5.58. The van der Waals surface area contributed by atoms with Crippen molar-refractivity contribution in [1.82, 2.24) is 0 Å². The van der Waals surface area contributed by atoms with Gasteiger partial charge in [0.2, 0.25) is 0 Å². The van der Waals surface area contributed by atoms with Crippen molar-refractivity contribution in [3.05, 3.63) is 69.7 Å². The molecule has 2 aromatic rings. The molecule has 2 aliphatic rings. The summed E-state index contributed by atoms with van der Waals surface area (Å²) in [7, 11) is 1.70. The van der Waals surface area contributed by atoms with Crippen molar-refractivity contribution < 1.29 is 4.74 Å². The fourth-order valence-corrected chi connectivity index (χ4v) is 4.35. The fraction of sp³-hybridized carbons (Fsp3) is 0.263. The molecular formula is C19H17Cl2NO. The second-order valence-electron chi connectivity index (χ2n) is 6.10. The lowest BCUT2D eigenvalue weighted by Gasteiger charge is -2.38. The average molecular weight is 346 g/mol. The van der Waals surface area contributed by atoms with Gasteiger partial charge in [0.15, 0.2) is 0 Å². The van der Waals surface area contributed by atoms with E-state index < -0.39 is 0 Å². The number of ether oxygens (including phenoxy) is 1. The van der Waals surface area contributed by atoms with Crippen molar-refractivity contribution in [3.8, 4) is 5.75 Å². The molecule has 23 heavy (non-hydrogen) atoms. The molecule has 3 atom stereocenters. The van der Waals surface area contributed by atoms with Gasteiger partial charge in [-0.3, -0.25) is 0 Å². The summed E-state index contributed by atoms with van der Waals surface area (Å²) < 4.78 is 5.38. The molecule has 0 bridgehead atoms. The van der Waals surface area contributed by atoms with E-state index in [1.54, 1.807) is 13.2 Å². The van der Waals surface area contributed by atoms with E-state index in [9.17, 15) is 0 Å². The summed E-state index contributed by atoms with van der Waals surface area (Å²) in [6.45, 7) is 0. The van der Waals surface area contributed by atoms with Gasteiger partial charge in [0.05, 0.1) is 23.9 Å². The van der Waals surface area contributed by atoms with Gasteiger partial charge in [-0.05, 0) is 47.7 Å². The number of hydrogen-bond donors (Lipinski definition) is 1. The van der Waals surface area contributed by atoms with Gasteiger partial charge in [-0.25, -0.2) is 0 Å². The van der Waals surface area contributed by atoms with Crippen molar-refractivity contribution in [2.45, 2.75) is 18.4 Å². The highest BCUT2D eigenvalue weighted by Gasteiger charge is 2.38. The largest absolute Gasteiger partial charge is 0.497 e. The minimum absolute atomic E-state index is 0.205. The number of allylic oxidation sites excluding steroid dienone is 2. The maximum Gasteiger partial charge on any atom is 0.119 e. The molecule has 2 aromatic carbocycles. The lowest BCUT2D eigenvalue weighted by atomic mass is 9.77. The normalized spacial score (nSPS) is 24.7. The quantitative estimate of drug-likeness (QED) is 0.691. The van der Waals surface area contributed by atoms with E-state index >= 15 is 0 Å². The Balaban J connectivity index is 1.81. The molecule has 118 valence electrons. The molecule has 2 nitrogen and oxygen atoms in total. The molecule has 1 aliphatic heterocycles. The van der Waals surface area contributed by atoms with Gasteiger partial charge in [0.25, 0.3) is 0 Å². The Kier molecular flexibility index (Phi) is 3.74. The molecule has 0 saturated heterocycles. The maximum atomic E-state index is 6.45. The Morgan fingerprint density at radius 3 is 2.87 bits per heavy atom. The maximum absolute atomic E-state index is 6.45. The third kappa shape index (κ3) is 2.50. The van der Waals surface area contributed by atoms with E-state index in [1.807, 2.05) is 18.2 Å². The van der Waals surface area contributed by atoms with Crippen LogP contribution in [0.15, 0.2) is 48.6 Å². The molecule has 0 aromatic heterocycles. The summed E-state index contributed by atoms with van der Waals surface area (Å²) >= 11 is 12.7. The standard InChI is InChI=1S/C19H17Cl2NO/c1-23-13-5-2-4-11(8-13)18-15-7-3-6-14(15)16-9-12(20)10-17(21)19(16)22-18/h2-6,8-10,14-15,18,22H,7H2,1H3/t14-,15+,18+/m1/s1. The van der Waals surface area contributed by atoms with Crippen LogP contribution in [-0.2, 0) is 0 Å². The number of halogens is 2. The number of hydrogen-bond acceptors (Lipinski definition) is 2. The predicted octanol–water partition coefficient (Wildman–Crippen LogP) is 5.83. The molecule has 0 amide bonds. The van der Waals surface area contributed by atoms with E-state index in [4.69, 9.17) is 27.9 Å². The zero-order chi connectivity index (χ0) is 16.0. The highest BCUT2D eigenvalue weighted by molar-refractivity contribution is 6.36. The van der Waals surface area contributed by atoms with Gasteiger partial charge in [0.1, 0.15) is 5.75 Å². The van der Waals surface area contributed by atoms with Crippen LogP contribution in [-0.4, -0.2) is 7.11 Å². The molecule has 0 unspecified atom stereocenters. The summed E-state index contributed by atoms with van der Waals surface area (Å²) in [4.78, 5) is 0. The molecule has 1 N–H and O–H groups in total. The second-order valence-corrected chi connectivity index (χ2v) is 6.95. The summed E-state index contributed by atoms with van der Waals surface area (Å²) in [5.74, 6) is 1.68. The van der Waals surface area contributed by atoms with Crippen LogP contribution >= 0.6 is 23.2 Å². The number of fused-ring (bicyclic) bond motifs is 3. The zero-order valence-corrected chi connectivity index (χ0v) is 14.2. The minimum Gasteiger partial charge on any atom is -0.497 e. The van der Waals surface area contributed by atoms with Crippen LogP contribution in [0.25, 0.3) is 0 Å². The zero-order valence-electron chi connectivity index (χ0n) is 12.7. The third-order valence-corrected chi connectivity index (χ3v) is 5.35. The lowest BCUT2D eigenvalue weighted by Crippen LogP contribution is -2.29. The van der Waals surface area contributed by atoms with Crippen molar-refractivity contribution in [2.75, 3.05) is 12.4 Å². The van der Waals surface area contributed by atoms with E-state index in [1.165, 1.54) is 11.1 Å². The molecule has 4 rings (SSSR count). The van der Waals surface area contributed by atoms with Crippen LogP contribution in [0.2, 0.25) is 10.0 Å². The Morgan fingerprint density at radius 1 is 1.17 bits per heavy atom. The van der Waals surface area contributed by atoms with Crippen LogP contribution in [0.3, 0.4) is 0 Å². The van der Waals surface area contributed by atoms with Gasteiger partial charge in [-0.2, -0.15) is 0 Å². The molecule has 0 radical (unpaired) electrons. The summed E-state index contributed by atoms with van der Waals surface area (Å²) in [5, 5.41) is 5.01. The summed E-state index contributed by atoms with van der Waals surface area (Å²) in [6, 6.07) is 12.3. The van der Waals surface area contributed by atoms with Crippen molar-refractivity contribution in [1.29, 1.82) is 0 Å². The first-order valence-corrected chi connectivity index (χ1v) is 8.49. The van der Waals surface area contributed by atoms with Crippen LogP contribution < -0.4 is 10.1 Å².